The third-order valence-corrected chi connectivity index (χ3v) is 3.96. The molecule has 1 amide bonds. The van der Waals surface area contributed by atoms with Crippen LogP contribution in [0.25, 0.3) is 11.3 Å². The molecule has 23 heavy (non-hydrogen) atoms. The molecule has 0 aliphatic heterocycles. The number of carbonyl (C=O) groups is 1. The Bertz CT molecular complexity index is 842. The summed E-state index contributed by atoms with van der Waals surface area (Å²) < 4.78 is 0. The molecular weight excluding hydrogens is 310 g/mol. The van der Waals surface area contributed by atoms with Crippen LogP contribution >= 0.6 is 11.6 Å². The second kappa shape index (κ2) is 6.67. The van der Waals surface area contributed by atoms with E-state index in [1.807, 2.05) is 49.4 Å². The molecule has 0 atom stereocenters. The molecule has 3 rings (SSSR count). The van der Waals surface area contributed by atoms with Crippen LogP contribution in [0.1, 0.15) is 21.5 Å². The normalized spacial score (nSPS) is 10.5. The minimum absolute atomic E-state index is 0.185. The van der Waals surface area contributed by atoms with Crippen molar-refractivity contribution < 1.29 is 4.79 Å². The maximum absolute atomic E-state index is 12.5. The molecule has 4 nitrogen and oxygen atoms in total. The number of halogens is 1. The zero-order valence-corrected chi connectivity index (χ0v) is 13.4. The first-order valence-corrected chi connectivity index (χ1v) is 7.65. The number of H-pyrrole nitrogens is 1. The predicted octanol–water partition coefficient (Wildman–Crippen LogP) is 3.97. The molecule has 2 aromatic carbocycles. The van der Waals surface area contributed by atoms with Crippen LogP contribution < -0.4 is 5.32 Å². The Balaban J connectivity index is 1.79. The monoisotopic (exact) mass is 325 g/mol. The summed E-state index contributed by atoms with van der Waals surface area (Å²) in [5, 5.41) is 10.4. The fourth-order valence-electron chi connectivity index (χ4n) is 2.39. The van der Waals surface area contributed by atoms with Crippen molar-refractivity contribution in [2.45, 2.75) is 13.5 Å². The quantitative estimate of drug-likeness (QED) is 0.762. The Kier molecular flexibility index (Phi) is 4.44. The lowest BCUT2D eigenvalue weighted by Gasteiger charge is -2.08. The van der Waals surface area contributed by atoms with Crippen LogP contribution in [-0.2, 0) is 6.54 Å². The maximum atomic E-state index is 12.5. The number of carbonyl (C=O) groups excluding carboxylic acids is 1. The summed E-state index contributed by atoms with van der Waals surface area (Å²) >= 11 is 6.11. The van der Waals surface area contributed by atoms with E-state index in [4.69, 9.17) is 11.6 Å². The number of nitrogens with one attached hydrogen (secondary N) is 2. The van der Waals surface area contributed by atoms with E-state index in [1.165, 1.54) is 0 Å². The molecule has 5 heteroatoms. The highest BCUT2D eigenvalue weighted by molar-refractivity contribution is 6.31. The molecule has 0 aliphatic carbocycles. The molecule has 0 radical (unpaired) electrons. The first-order valence-electron chi connectivity index (χ1n) is 7.27. The number of nitrogens with zero attached hydrogens (tertiary/aromatic N) is 1. The van der Waals surface area contributed by atoms with Crippen LogP contribution in [0, 0.1) is 6.92 Å². The topological polar surface area (TPSA) is 57.8 Å². The molecule has 0 saturated heterocycles. The van der Waals surface area contributed by atoms with Gasteiger partial charge in [-0.05, 0) is 24.6 Å². The number of amides is 1. The van der Waals surface area contributed by atoms with Crippen molar-refractivity contribution in [1.82, 2.24) is 15.5 Å². The highest BCUT2D eigenvalue weighted by Gasteiger charge is 2.15. The lowest BCUT2D eigenvalue weighted by atomic mass is 10.1. The summed E-state index contributed by atoms with van der Waals surface area (Å²) in [5.74, 6) is -0.185. The van der Waals surface area contributed by atoms with E-state index in [9.17, 15) is 4.79 Å². The minimum atomic E-state index is -0.185. The van der Waals surface area contributed by atoms with E-state index in [0.29, 0.717) is 22.8 Å². The van der Waals surface area contributed by atoms with Crippen molar-refractivity contribution in [3.05, 3.63) is 76.4 Å². The molecule has 2 N–H and O–H groups in total. The fraction of sp³-hybridized carbons (Fsp3) is 0.111. The van der Waals surface area contributed by atoms with E-state index in [-0.39, 0.29) is 5.91 Å². The largest absolute Gasteiger partial charge is 0.348 e. The lowest BCUT2D eigenvalue weighted by molar-refractivity contribution is 0.0951. The minimum Gasteiger partial charge on any atom is -0.348 e. The van der Waals surface area contributed by atoms with Gasteiger partial charge in [-0.25, -0.2) is 0 Å². The summed E-state index contributed by atoms with van der Waals surface area (Å²) in [5.41, 5.74) is 4.17. The van der Waals surface area contributed by atoms with Gasteiger partial charge in [0.05, 0.1) is 17.5 Å². The van der Waals surface area contributed by atoms with Crippen LogP contribution in [0.4, 0.5) is 0 Å². The zero-order valence-electron chi connectivity index (χ0n) is 12.6. The zero-order chi connectivity index (χ0) is 16.2. The van der Waals surface area contributed by atoms with Gasteiger partial charge in [0.15, 0.2) is 0 Å². The van der Waals surface area contributed by atoms with Crippen LogP contribution in [0.3, 0.4) is 0 Å². The Labute approximate surface area is 139 Å². The second-order valence-corrected chi connectivity index (χ2v) is 5.71. The summed E-state index contributed by atoms with van der Waals surface area (Å²) in [6, 6.07) is 15.4. The third-order valence-electron chi connectivity index (χ3n) is 3.59. The lowest BCUT2D eigenvalue weighted by Crippen LogP contribution is -2.23. The number of aryl methyl sites for hydroxylation is 1. The van der Waals surface area contributed by atoms with Gasteiger partial charge in [0.2, 0.25) is 0 Å². The van der Waals surface area contributed by atoms with Gasteiger partial charge in [0, 0.05) is 17.1 Å². The number of rotatable bonds is 4. The van der Waals surface area contributed by atoms with Crippen LogP contribution in [-0.4, -0.2) is 16.1 Å². The van der Waals surface area contributed by atoms with Gasteiger partial charge >= 0.3 is 0 Å². The molecule has 1 heterocycles. The average molecular weight is 326 g/mol. The molecule has 0 fully saturated rings. The molecule has 116 valence electrons. The first-order chi connectivity index (χ1) is 11.1. The van der Waals surface area contributed by atoms with Crippen molar-refractivity contribution in [3.8, 4) is 11.3 Å². The Morgan fingerprint density at radius 2 is 2.04 bits per heavy atom. The molecule has 0 unspecified atom stereocenters. The number of aromatic amines is 1. The Morgan fingerprint density at radius 1 is 1.22 bits per heavy atom. The first kappa shape index (κ1) is 15.3. The summed E-state index contributed by atoms with van der Waals surface area (Å²) in [7, 11) is 0. The SMILES string of the molecule is Cc1cccc(-c2[nH]ncc2C(=O)NCc2ccccc2Cl)c1. The van der Waals surface area contributed by atoms with E-state index < -0.39 is 0 Å². The van der Waals surface area contributed by atoms with Crippen molar-refractivity contribution in [2.75, 3.05) is 0 Å². The van der Waals surface area contributed by atoms with E-state index >= 15 is 0 Å². The standard InChI is InChI=1S/C18H16ClN3O/c1-12-5-4-7-13(9-12)17-15(11-21-22-17)18(23)20-10-14-6-2-3-8-16(14)19/h2-9,11H,10H2,1H3,(H,20,23)(H,21,22). The fourth-order valence-corrected chi connectivity index (χ4v) is 2.59. The molecule has 0 saturated carbocycles. The van der Waals surface area contributed by atoms with E-state index in [2.05, 4.69) is 15.5 Å². The summed E-state index contributed by atoms with van der Waals surface area (Å²) in [6.45, 7) is 2.38. The Morgan fingerprint density at radius 3 is 2.83 bits per heavy atom. The van der Waals surface area contributed by atoms with Gasteiger partial charge in [0.25, 0.3) is 5.91 Å². The summed E-state index contributed by atoms with van der Waals surface area (Å²) in [6.07, 6.45) is 1.54. The van der Waals surface area contributed by atoms with Crippen molar-refractivity contribution in [2.24, 2.45) is 0 Å². The Hall–Kier alpha value is -2.59. The highest BCUT2D eigenvalue weighted by Crippen LogP contribution is 2.22. The van der Waals surface area contributed by atoms with Crippen molar-refractivity contribution in [3.63, 3.8) is 0 Å². The van der Waals surface area contributed by atoms with Gasteiger partial charge in [-0.1, -0.05) is 53.6 Å². The molecule has 1 aromatic heterocycles. The molecular formula is C18H16ClN3O. The van der Waals surface area contributed by atoms with Gasteiger partial charge in [-0.3, -0.25) is 9.89 Å². The number of aromatic nitrogens is 2. The van der Waals surface area contributed by atoms with Crippen LogP contribution in [0.5, 0.6) is 0 Å². The maximum Gasteiger partial charge on any atom is 0.255 e. The average Bonchev–Trinajstić information content (AvgIpc) is 3.03. The van der Waals surface area contributed by atoms with E-state index in [0.717, 1.165) is 16.7 Å². The van der Waals surface area contributed by atoms with Crippen LogP contribution in [0.2, 0.25) is 5.02 Å². The number of benzene rings is 2. The van der Waals surface area contributed by atoms with Crippen LogP contribution in [0.15, 0.2) is 54.7 Å². The molecule has 0 spiro atoms. The second-order valence-electron chi connectivity index (χ2n) is 5.30. The van der Waals surface area contributed by atoms with E-state index in [1.54, 1.807) is 12.3 Å². The smallest absolute Gasteiger partial charge is 0.255 e. The van der Waals surface area contributed by atoms with Crippen molar-refractivity contribution in [1.29, 1.82) is 0 Å². The number of hydrogen-bond acceptors (Lipinski definition) is 2. The summed E-state index contributed by atoms with van der Waals surface area (Å²) in [4.78, 5) is 12.5. The van der Waals surface area contributed by atoms with Crippen molar-refractivity contribution >= 4 is 17.5 Å². The third kappa shape index (κ3) is 3.43. The van der Waals surface area contributed by atoms with Gasteiger partial charge in [0.1, 0.15) is 0 Å². The molecule has 3 aromatic rings. The predicted molar refractivity (Wildman–Crippen MR) is 91.4 cm³/mol. The molecule has 0 aliphatic rings. The van der Waals surface area contributed by atoms with Gasteiger partial charge in [-0.15, -0.1) is 0 Å². The highest BCUT2D eigenvalue weighted by atomic mass is 35.5. The van der Waals surface area contributed by atoms with Gasteiger partial charge in [-0.2, -0.15) is 5.10 Å². The number of hydrogen-bond donors (Lipinski definition) is 2. The molecule has 0 bridgehead atoms. The van der Waals surface area contributed by atoms with Gasteiger partial charge < -0.3 is 5.32 Å².